The van der Waals surface area contributed by atoms with Crippen LogP contribution in [0.2, 0.25) is 0 Å². The third-order valence-electron chi connectivity index (χ3n) is 3.70. The van der Waals surface area contributed by atoms with Crippen LogP contribution in [-0.2, 0) is 11.2 Å². The second kappa shape index (κ2) is 6.69. The van der Waals surface area contributed by atoms with Crippen molar-refractivity contribution >= 4 is 11.3 Å². The van der Waals surface area contributed by atoms with E-state index < -0.39 is 0 Å². The van der Waals surface area contributed by atoms with Gasteiger partial charge in [0.05, 0.1) is 6.10 Å². The molecule has 3 atom stereocenters. The van der Waals surface area contributed by atoms with Crippen molar-refractivity contribution in [1.29, 1.82) is 0 Å². The molecule has 1 saturated heterocycles. The van der Waals surface area contributed by atoms with E-state index in [4.69, 9.17) is 4.74 Å². The first-order chi connectivity index (χ1) is 8.65. The predicted octanol–water partition coefficient (Wildman–Crippen LogP) is 3.47. The molecular weight excluding hydrogens is 242 g/mol. The van der Waals surface area contributed by atoms with Crippen LogP contribution < -0.4 is 5.32 Å². The normalized spacial score (nSPS) is 26.4. The van der Waals surface area contributed by atoms with Crippen LogP contribution in [0.25, 0.3) is 0 Å². The highest BCUT2D eigenvalue weighted by Crippen LogP contribution is 2.21. The van der Waals surface area contributed by atoms with E-state index in [1.807, 2.05) is 0 Å². The van der Waals surface area contributed by atoms with Gasteiger partial charge in [-0.05, 0) is 54.5 Å². The van der Waals surface area contributed by atoms with Crippen molar-refractivity contribution in [2.24, 2.45) is 5.92 Å². The average Bonchev–Trinajstić information content (AvgIpc) is 2.82. The summed E-state index contributed by atoms with van der Waals surface area (Å²) in [6.07, 6.45) is 3.88. The van der Waals surface area contributed by atoms with Crippen LogP contribution in [0.15, 0.2) is 16.8 Å². The molecule has 2 rings (SSSR count). The largest absolute Gasteiger partial charge is 0.378 e. The summed E-state index contributed by atoms with van der Waals surface area (Å²) in [4.78, 5) is 0. The Balaban J connectivity index is 1.78. The smallest absolute Gasteiger partial charge is 0.0612 e. The van der Waals surface area contributed by atoms with Crippen molar-refractivity contribution in [2.45, 2.75) is 58.2 Å². The Labute approximate surface area is 115 Å². The highest BCUT2D eigenvalue weighted by atomic mass is 32.1. The Bertz CT molecular complexity index is 336. The van der Waals surface area contributed by atoms with Crippen LogP contribution in [0.5, 0.6) is 0 Å². The molecule has 0 spiro atoms. The monoisotopic (exact) mass is 267 g/mol. The fraction of sp³-hybridized carbons (Fsp3) is 0.733. The molecule has 1 aromatic rings. The molecule has 1 aliphatic rings. The Morgan fingerprint density at radius 2 is 2.28 bits per heavy atom. The van der Waals surface area contributed by atoms with Gasteiger partial charge in [-0.2, -0.15) is 11.3 Å². The van der Waals surface area contributed by atoms with Crippen molar-refractivity contribution in [1.82, 2.24) is 5.32 Å². The summed E-state index contributed by atoms with van der Waals surface area (Å²) in [6, 6.07) is 3.40. The van der Waals surface area contributed by atoms with Crippen molar-refractivity contribution in [3.8, 4) is 0 Å². The molecule has 0 saturated carbocycles. The fourth-order valence-corrected chi connectivity index (χ4v) is 3.35. The van der Waals surface area contributed by atoms with Gasteiger partial charge in [-0.15, -0.1) is 0 Å². The molecule has 3 unspecified atom stereocenters. The number of hydrogen-bond acceptors (Lipinski definition) is 3. The molecule has 0 aliphatic carbocycles. The van der Waals surface area contributed by atoms with Crippen molar-refractivity contribution in [2.75, 3.05) is 6.61 Å². The van der Waals surface area contributed by atoms with E-state index >= 15 is 0 Å². The van der Waals surface area contributed by atoms with Gasteiger partial charge in [0.15, 0.2) is 0 Å². The Kier molecular flexibility index (Phi) is 5.22. The third-order valence-corrected chi connectivity index (χ3v) is 4.43. The summed E-state index contributed by atoms with van der Waals surface area (Å²) in [7, 11) is 0. The van der Waals surface area contributed by atoms with Crippen LogP contribution in [0, 0.1) is 5.92 Å². The molecule has 3 heteroatoms. The van der Waals surface area contributed by atoms with E-state index in [1.165, 1.54) is 5.56 Å². The molecule has 18 heavy (non-hydrogen) atoms. The van der Waals surface area contributed by atoms with Gasteiger partial charge in [0.25, 0.3) is 0 Å². The lowest BCUT2D eigenvalue weighted by Gasteiger charge is -2.34. The Hall–Kier alpha value is -0.380. The fourth-order valence-electron chi connectivity index (χ4n) is 2.67. The lowest BCUT2D eigenvalue weighted by Crippen LogP contribution is -2.44. The molecule has 1 aliphatic heterocycles. The number of hydrogen-bond donors (Lipinski definition) is 1. The van der Waals surface area contributed by atoms with Gasteiger partial charge in [0.1, 0.15) is 0 Å². The maximum atomic E-state index is 5.82. The van der Waals surface area contributed by atoms with Crippen LogP contribution in [0.4, 0.5) is 0 Å². The first kappa shape index (κ1) is 14.0. The first-order valence-electron chi connectivity index (χ1n) is 7.04. The minimum Gasteiger partial charge on any atom is -0.378 e. The molecule has 1 fully saturated rings. The van der Waals surface area contributed by atoms with Crippen molar-refractivity contribution in [3.63, 3.8) is 0 Å². The molecule has 1 N–H and O–H groups in total. The van der Waals surface area contributed by atoms with E-state index in [0.29, 0.717) is 24.1 Å². The van der Waals surface area contributed by atoms with E-state index in [2.05, 4.69) is 42.9 Å². The summed E-state index contributed by atoms with van der Waals surface area (Å²) in [5, 5.41) is 8.17. The average molecular weight is 267 g/mol. The molecular formula is C15H25NOS. The molecule has 2 nitrogen and oxygen atoms in total. The number of rotatable bonds is 5. The molecule has 0 amide bonds. The third kappa shape index (κ3) is 4.08. The van der Waals surface area contributed by atoms with Gasteiger partial charge in [-0.1, -0.05) is 13.8 Å². The van der Waals surface area contributed by atoms with Gasteiger partial charge in [-0.3, -0.25) is 0 Å². The molecule has 1 aromatic heterocycles. The topological polar surface area (TPSA) is 21.3 Å². The van der Waals surface area contributed by atoms with E-state index in [1.54, 1.807) is 11.3 Å². The van der Waals surface area contributed by atoms with E-state index in [-0.39, 0.29) is 0 Å². The SMILES string of the molecule is CC(Cc1ccsc1)NC1CCOC(C(C)C)C1. The van der Waals surface area contributed by atoms with Gasteiger partial charge >= 0.3 is 0 Å². The maximum absolute atomic E-state index is 5.82. The maximum Gasteiger partial charge on any atom is 0.0612 e. The van der Waals surface area contributed by atoms with Crippen LogP contribution in [0.1, 0.15) is 39.2 Å². The molecule has 0 aromatic carbocycles. The molecule has 2 heterocycles. The van der Waals surface area contributed by atoms with Crippen LogP contribution >= 0.6 is 11.3 Å². The van der Waals surface area contributed by atoms with E-state index in [9.17, 15) is 0 Å². The number of thiophene rings is 1. The molecule has 0 radical (unpaired) electrons. The van der Waals surface area contributed by atoms with Gasteiger partial charge < -0.3 is 10.1 Å². The first-order valence-corrected chi connectivity index (χ1v) is 7.98. The second-order valence-electron chi connectivity index (χ2n) is 5.78. The molecule has 0 bridgehead atoms. The standard InChI is InChI=1S/C15H25NOS/c1-11(2)15-9-14(4-6-17-15)16-12(3)8-13-5-7-18-10-13/h5,7,10-12,14-16H,4,6,8-9H2,1-3H3. The highest BCUT2D eigenvalue weighted by Gasteiger charge is 2.25. The summed E-state index contributed by atoms with van der Waals surface area (Å²) >= 11 is 1.78. The summed E-state index contributed by atoms with van der Waals surface area (Å²) in [5.41, 5.74) is 1.45. The quantitative estimate of drug-likeness (QED) is 0.882. The second-order valence-corrected chi connectivity index (χ2v) is 6.56. The summed E-state index contributed by atoms with van der Waals surface area (Å²) in [5.74, 6) is 0.627. The minimum absolute atomic E-state index is 0.435. The lowest BCUT2D eigenvalue weighted by molar-refractivity contribution is -0.0256. The van der Waals surface area contributed by atoms with Crippen molar-refractivity contribution in [3.05, 3.63) is 22.4 Å². The minimum atomic E-state index is 0.435. The van der Waals surface area contributed by atoms with Gasteiger partial charge in [0, 0.05) is 18.7 Å². The summed E-state index contributed by atoms with van der Waals surface area (Å²) < 4.78 is 5.82. The van der Waals surface area contributed by atoms with E-state index in [0.717, 1.165) is 25.9 Å². The molecule has 102 valence electrons. The number of nitrogens with one attached hydrogen (secondary N) is 1. The summed E-state index contributed by atoms with van der Waals surface area (Å²) in [6.45, 7) is 7.70. The lowest BCUT2D eigenvalue weighted by atomic mass is 9.94. The highest BCUT2D eigenvalue weighted by molar-refractivity contribution is 7.07. The zero-order valence-electron chi connectivity index (χ0n) is 11.7. The predicted molar refractivity (Wildman–Crippen MR) is 78.2 cm³/mol. The zero-order chi connectivity index (χ0) is 13.0. The van der Waals surface area contributed by atoms with Crippen molar-refractivity contribution < 1.29 is 4.74 Å². The zero-order valence-corrected chi connectivity index (χ0v) is 12.5. The number of ether oxygens (including phenoxy) is 1. The van der Waals surface area contributed by atoms with Gasteiger partial charge in [-0.25, -0.2) is 0 Å². The Morgan fingerprint density at radius 1 is 1.44 bits per heavy atom. The van der Waals surface area contributed by atoms with Crippen LogP contribution in [0.3, 0.4) is 0 Å². The Morgan fingerprint density at radius 3 is 2.94 bits per heavy atom. The van der Waals surface area contributed by atoms with Crippen LogP contribution in [-0.4, -0.2) is 24.8 Å². The van der Waals surface area contributed by atoms with Gasteiger partial charge in [0.2, 0.25) is 0 Å².